The van der Waals surface area contributed by atoms with E-state index in [1.807, 2.05) is 6.92 Å². The summed E-state index contributed by atoms with van der Waals surface area (Å²) in [6.07, 6.45) is 1.67. The van der Waals surface area contributed by atoms with E-state index in [1.165, 1.54) is 6.07 Å². The summed E-state index contributed by atoms with van der Waals surface area (Å²) in [6.45, 7) is 3.88. The van der Waals surface area contributed by atoms with Crippen molar-refractivity contribution in [1.29, 1.82) is 0 Å². The maximum Gasteiger partial charge on any atom is 0.336 e. The molecule has 1 heterocycles. The average Bonchev–Trinajstić information content (AvgIpc) is 2.85. The number of carboxylic acid groups (broad SMARTS) is 1. The first-order valence-electron chi connectivity index (χ1n) is 6.39. The number of carbonyl (C=O) groups is 1. The normalized spacial score (nSPS) is 10.5. The molecule has 6 nitrogen and oxygen atoms in total. The number of benzene rings is 1. The van der Waals surface area contributed by atoms with Crippen LogP contribution >= 0.6 is 0 Å². The monoisotopic (exact) mass is 276 g/mol. The molecule has 0 spiro atoms. The van der Waals surface area contributed by atoms with Gasteiger partial charge in [0.1, 0.15) is 5.75 Å². The molecule has 0 radical (unpaired) electrons. The number of hydrogen-bond donors (Lipinski definition) is 1. The van der Waals surface area contributed by atoms with Gasteiger partial charge in [0.2, 0.25) is 11.7 Å². The molecule has 0 saturated carbocycles. The molecule has 0 unspecified atom stereocenters. The van der Waals surface area contributed by atoms with Gasteiger partial charge in [-0.05, 0) is 25.5 Å². The first kappa shape index (κ1) is 14.0. The number of aryl methyl sites for hydroxylation is 1. The summed E-state index contributed by atoms with van der Waals surface area (Å²) in [6, 6.07) is 4.90. The molecule has 0 atom stereocenters. The zero-order valence-electron chi connectivity index (χ0n) is 11.4. The average molecular weight is 276 g/mol. The van der Waals surface area contributed by atoms with Crippen LogP contribution in [0.1, 0.15) is 41.0 Å². The van der Waals surface area contributed by atoms with Crippen molar-refractivity contribution in [3.05, 3.63) is 41.0 Å². The van der Waals surface area contributed by atoms with E-state index in [-0.39, 0.29) is 12.2 Å². The van der Waals surface area contributed by atoms with Crippen LogP contribution in [0.2, 0.25) is 0 Å². The van der Waals surface area contributed by atoms with E-state index in [9.17, 15) is 4.79 Å². The molecule has 0 bridgehead atoms. The summed E-state index contributed by atoms with van der Waals surface area (Å²) in [5.74, 6) is 0.570. The number of carboxylic acids is 1. The van der Waals surface area contributed by atoms with Crippen molar-refractivity contribution in [2.45, 2.75) is 33.3 Å². The third-order valence-electron chi connectivity index (χ3n) is 2.85. The fourth-order valence-electron chi connectivity index (χ4n) is 1.81. The lowest BCUT2D eigenvalue weighted by molar-refractivity contribution is 0.0695. The number of aromatic nitrogens is 2. The molecule has 2 aromatic rings. The number of ether oxygens (including phenoxy) is 1. The van der Waals surface area contributed by atoms with Crippen LogP contribution in [0.3, 0.4) is 0 Å². The van der Waals surface area contributed by atoms with E-state index in [0.717, 1.165) is 12.8 Å². The minimum absolute atomic E-state index is 0.150. The Morgan fingerprint density at radius 2 is 2.25 bits per heavy atom. The van der Waals surface area contributed by atoms with E-state index in [1.54, 1.807) is 19.1 Å². The Bertz CT molecular complexity index is 607. The van der Waals surface area contributed by atoms with Gasteiger partial charge in [-0.1, -0.05) is 18.1 Å². The summed E-state index contributed by atoms with van der Waals surface area (Å²) < 4.78 is 10.6. The van der Waals surface area contributed by atoms with Gasteiger partial charge in [-0.25, -0.2) is 4.79 Å². The maximum atomic E-state index is 11.0. The minimum atomic E-state index is -0.974. The van der Waals surface area contributed by atoms with Gasteiger partial charge in [-0.2, -0.15) is 4.98 Å². The summed E-state index contributed by atoms with van der Waals surface area (Å²) in [5, 5.41) is 12.9. The summed E-state index contributed by atoms with van der Waals surface area (Å²) >= 11 is 0. The Balaban J connectivity index is 2.06. The van der Waals surface area contributed by atoms with Gasteiger partial charge in [0.25, 0.3) is 0 Å². The van der Waals surface area contributed by atoms with Crippen LogP contribution in [0, 0.1) is 6.92 Å². The van der Waals surface area contributed by atoms with Crippen molar-refractivity contribution in [1.82, 2.24) is 10.1 Å². The van der Waals surface area contributed by atoms with Gasteiger partial charge in [0, 0.05) is 12.0 Å². The van der Waals surface area contributed by atoms with E-state index < -0.39 is 5.97 Å². The molecule has 0 aliphatic heterocycles. The zero-order valence-corrected chi connectivity index (χ0v) is 11.4. The van der Waals surface area contributed by atoms with Crippen LogP contribution in [0.5, 0.6) is 5.75 Å². The second-order valence-corrected chi connectivity index (χ2v) is 4.38. The molecule has 106 valence electrons. The molecule has 0 fully saturated rings. The van der Waals surface area contributed by atoms with Crippen molar-refractivity contribution in [2.24, 2.45) is 0 Å². The summed E-state index contributed by atoms with van der Waals surface area (Å²) in [5.41, 5.74) is 0.805. The van der Waals surface area contributed by atoms with E-state index in [0.29, 0.717) is 23.0 Å². The lowest BCUT2D eigenvalue weighted by atomic mass is 10.1. The van der Waals surface area contributed by atoms with Crippen molar-refractivity contribution >= 4 is 5.97 Å². The Kier molecular flexibility index (Phi) is 4.34. The van der Waals surface area contributed by atoms with E-state index in [4.69, 9.17) is 14.4 Å². The van der Waals surface area contributed by atoms with Gasteiger partial charge in [-0.3, -0.25) is 0 Å². The first-order chi connectivity index (χ1) is 9.61. The number of rotatable bonds is 6. The van der Waals surface area contributed by atoms with Crippen LogP contribution in [-0.4, -0.2) is 21.2 Å². The van der Waals surface area contributed by atoms with Crippen molar-refractivity contribution in [2.75, 3.05) is 0 Å². The largest absolute Gasteiger partial charge is 0.485 e. The zero-order chi connectivity index (χ0) is 14.5. The van der Waals surface area contributed by atoms with E-state index in [2.05, 4.69) is 10.1 Å². The summed E-state index contributed by atoms with van der Waals surface area (Å²) in [7, 11) is 0. The van der Waals surface area contributed by atoms with Crippen LogP contribution in [0.25, 0.3) is 0 Å². The Morgan fingerprint density at radius 1 is 1.45 bits per heavy atom. The third-order valence-corrected chi connectivity index (χ3v) is 2.85. The van der Waals surface area contributed by atoms with Crippen LogP contribution in [0.15, 0.2) is 22.7 Å². The predicted octanol–water partition coefficient (Wildman–Crippen LogP) is 2.61. The van der Waals surface area contributed by atoms with Crippen LogP contribution in [0.4, 0.5) is 0 Å². The number of hydrogen-bond acceptors (Lipinski definition) is 5. The second-order valence-electron chi connectivity index (χ2n) is 4.38. The fraction of sp³-hybridized carbons (Fsp3) is 0.357. The van der Waals surface area contributed by atoms with Crippen LogP contribution < -0.4 is 4.74 Å². The molecule has 2 rings (SSSR count). The SMILES string of the molecule is CCCc1nc(COc2cccc(C(=O)O)c2C)no1. The molecular weight excluding hydrogens is 260 g/mol. The molecule has 1 aromatic carbocycles. The van der Waals surface area contributed by atoms with Gasteiger partial charge in [0.05, 0.1) is 5.56 Å². The smallest absolute Gasteiger partial charge is 0.336 e. The topological polar surface area (TPSA) is 85.5 Å². The second kappa shape index (κ2) is 6.18. The van der Waals surface area contributed by atoms with Crippen molar-refractivity contribution < 1.29 is 19.2 Å². The Hall–Kier alpha value is -2.37. The molecule has 6 heteroatoms. The third kappa shape index (κ3) is 3.14. The molecule has 1 N–H and O–H groups in total. The standard InChI is InChI=1S/C14H16N2O4/c1-3-5-13-15-12(16-20-13)8-19-11-7-4-6-10(9(11)2)14(17)18/h4,6-7H,3,5,8H2,1-2H3,(H,17,18). The van der Waals surface area contributed by atoms with Gasteiger partial charge < -0.3 is 14.4 Å². The van der Waals surface area contributed by atoms with Gasteiger partial charge >= 0.3 is 5.97 Å². The minimum Gasteiger partial charge on any atom is -0.485 e. The Labute approximate surface area is 116 Å². The molecular formula is C14H16N2O4. The van der Waals surface area contributed by atoms with Gasteiger partial charge in [-0.15, -0.1) is 0 Å². The molecule has 1 aromatic heterocycles. The molecule has 20 heavy (non-hydrogen) atoms. The first-order valence-corrected chi connectivity index (χ1v) is 6.39. The number of nitrogens with zero attached hydrogens (tertiary/aromatic N) is 2. The van der Waals surface area contributed by atoms with E-state index >= 15 is 0 Å². The van der Waals surface area contributed by atoms with Gasteiger partial charge in [0.15, 0.2) is 6.61 Å². The quantitative estimate of drug-likeness (QED) is 0.872. The highest BCUT2D eigenvalue weighted by atomic mass is 16.5. The lowest BCUT2D eigenvalue weighted by Crippen LogP contribution is -2.04. The lowest BCUT2D eigenvalue weighted by Gasteiger charge is -2.08. The molecule has 0 saturated heterocycles. The summed E-state index contributed by atoms with van der Waals surface area (Å²) in [4.78, 5) is 15.2. The fourth-order valence-corrected chi connectivity index (χ4v) is 1.81. The highest BCUT2D eigenvalue weighted by molar-refractivity contribution is 5.90. The number of aromatic carboxylic acids is 1. The van der Waals surface area contributed by atoms with Crippen molar-refractivity contribution in [3.8, 4) is 5.75 Å². The molecule has 0 aliphatic carbocycles. The molecule has 0 aliphatic rings. The highest BCUT2D eigenvalue weighted by Gasteiger charge is 2.12. The predicted molar refractivity (Wildman–Crippen MR) is 70.8 cm³/mol. The Morgan fingerprint density at radius 3 is 2.95 bits per heavy atom. The highest BCUT2D eigenvalue weighted by Crippen LogP contribution is 2.22. The maximum absolute atomic E-state index is 11.0. The molecule has 0 amide bonds. The van der Waals surface area contributed by atoms with Crippen molar-refractivity contribution in [3.63, 3.8) is 0 Å². The van der Waals surface area contributed by atoms with Crippen LogP contribution in [-0.2, 0) is 13.0 Å².